The molecule has 0 spiro atoms. The molecule has 0 aliphatic carbocycles. The fourth-order valence-electron chi connectivity index (χ4n) is 9.93. The van der Waals surface area contributed by atoms with Gasteiger partial charge in [-0.1, -0.05) is 283 Å². The second-order valence-electron chi connectivity index (χ2n) is 20.8. The summed E-state index contributed by atoms with van der Waals surface area (Å²) in [6.07, 6.45) is -7.61. The highest BCUT2D eigenvalue weighted by molar-refractivity contribution is 6.76. The van der Waals surface area contributed by atoms with Crippen LogP contribution in [0.3, 0.4) is 0 Å². The molecule has 2 aliphatic rings. The summed E-state index contributed by atoms with van der Waals surface area (Å²) in [5, 5.41) is 12.4. The molecule has 0 saturated carbocycles. The first-order valence-electron chi connectivity index (χ1n) is 29.0. The topological polar surface area (TPSA) is 174 Å². The highest BCUT2D eigenvalue weighted by Crippen LogP contribution is 2.36. The molecule has 2 saturated heterocycles. The van der Waals surface area contributed by atoms with E-state index in [4.69, 9.17) is 92.3 Å². The zero-order valence-electron chi connectivity index (χ0n) is 48.4. The van der Waals surface area contributed by atoms with Gasteiger partial charge in [0.2, 0.25) is 12.2 Å². The number of alkyl halides is 3. The van der Waals surface area contributed by atoms with Crippen molar-refractivity contribution in [3.05, 3.63) is 298 Å². The molecule has 0 radical (unpaired) electrons. The second-order valence-corrected chi connectivity index (χ2v) is 23.1. The minimum Gasteiger partial charge on any atom is -0.445 e. The Morgan fingerprint density at radius 1 is 0.375 bits per heavy atom. The zero-order chi connectivity index (χ0) is 61.0. The number of azide groups is 1. The van der Waals surface area contributed by atoms with Crippen LogP contribution in [0, 0.1) is 5.41 Å². The Kier molecular flexibility index (Phi) is 26.2. The molecule has 10 unspecified atom stereocenters. The van der Waals surface area contributed by atoms with Crippen LogP contribution >= 0.6 is 34.8 Å². The molecule has 8 aromatic rings. The summed E-state index contributed by atoms with van der Waals surface area (Å²) < 4.78 is 68.1. The summed E-state index contributed by atoms with van der Waals surface area (Å²) in [6, 6.07) is 78.8. The smallest absolute Gasteiger partial charge is 0.265 e. The van der Waals surface area contributed by atoms with Gasteiger partial charge in [-0.3, -0.25) is 5.41 Å². The molecule has 18 heteroatoms. The van der Waals surface area contributed by atoms with Gasteiger partial charge in [-0.25, -0.2) is 0 Å². The van der Waals surface area contributed by atoms with Crippen molar-refractivity contribution in [3.8, 4) is 0 Å². The van der Waals surface area contributed by atoms with Crippen molar-refractivity contribution < 1.29 is 52.1 Å². The number of benzene rings is 8. The van der Waals surface area contributed by atoms with E-state index in [1.54, 1.807) is 0 Å². The van der Waals surface area contributed by atoms with Gasteiger partial charge in [-0.2, -0.15) is 0 Å². The van der Waals surface area contributed by atoms with Gasteiger partial charge in [-0.05, 0) is 50.0 Å². The minimum atomic E-state index is -2.12. The molecule has 0 aromatic heterocycles. The average molecular weight is 1250 g/mol. The maximum absolute atomic E-state index is 9.46. The molecule has 10 atom stereocenters. The lowest BCUT2D eigenvalue weighted by molar-refractivity contribution is -0.313. The van der Waals surface area contributed by atoms with Crippen LogP contribution in [-0.2, 0) is 105 Å². The average Bonchev–Trinajstić information content (AvgIpc) is 3.76. The van der Waals surface area contributed by atoms with Crippen LogP contribution in [0.2, 0.25) is 0 Å². The van der Waals surface area contributed by atoms with Gasteiger partial charge in [0.15, 0.2) is 6.23 Å². The van der Waals surface area contributed by atoms with Crippen molar-refractivity contribution in [2.45, 2.75) is 118 Å². The van der Waals surface area contributed by atoms with Crippen molar-refractivity contribution in [1.82, 2.24) is 0 Å². The molecular weight excluding hydrogens is 1180 g/mol. The van der Waals surface area contributed by atoms with Crippen LogP contribution in [0.4, 0.5) is 0 Å². The predicted molar refractivity (Wildman–Crippen MR) is 338 cm³/mol. The van der Waals surface area contributed by atoms with Crippen LogP contribution in [0.1, 0.15) is 44.5 Å². The van der Waals surface area contributed by atoms with Crippen LogP contribution in [0.15, 0.2) is 248 Å². The molecule has 15 nitrogen and oxygen atoms in total. The fraction of sp³-hybridized carbons (Fsp3) is 0.300. The number of halogens is 3. The van der Waals surface area contributed by atoms with Crippen LogP contribution in [0.5, 0.6) is 0 Å². The SMILES string of the molecule is N=C(OC1OC(COCc2ccccc2)C(OCc2ccccc2)C(OCc2ccccc2)C1OCc1ccccc1)C(Cl)(Cl)Cl.[N-]=[N+]=NC1OC(COCc2ccccc2)C(OCc2ccccc2)C(OCc2ccccc2)C1OCc1ccccc1. The number of hydrogen-bond acceptors (Lipinski definition) is 13. The molecule has 1 N–H and O–H groups in total. The number of nitrogens with one attached hydrogen (secondary N) is 1. The molecule has 0 amide bonds. The normalized spacial score (nSPS) is 21.7. The first-order chi connectivity index (χ1) is 43.2. The van der Waals surface area contributed by atoms with Crippen molar-refractivity contribution >= 4 is 40.7 Å². The largest absolute Gasteiger partial charge is 0.445 e. The van der Waals surface area contributed by atoms with E-state index in [1.165, 1.54) is 0 Å². The van der Waals surface area contributed by atoms with E-state index in [2.05, 4.69) is 10.0 Å². The number of nitrogens with zero attached hydrogens (tertiary/aromatic N) is 3. The van der Waals surface area contributed by atoms with Crippen molar-refractivity contribution in [1.29, 1.82) is 5.41 Å². The quantitative estimate of drug-likeness (QED) is 0.0123. The van der Waals surface area contributed by atoms with Gasteiger partial charge < -0.3 is 52.1 Å². The van der Waals surface area contributed by atoms with Crippen LogP contribution in [-0.4, -0.2) is 84.3 Å². The summed E-state index contributed by atoms with van der Waals surface area (Å²) in [5.74, 6) is -0.606. The van der Waals surface area contributed by atoms with E-state index in [9.17, 15) is 5.53 Å². The lowest BCUT2D eigenvalue weighted by Crippen LogP contribution is -2.62. The van der Waals surface area contributed by atoms with Crippen LogP contribution in [0.25, 0.3) is 10.4 Å². The van der Waals surface area contributed by atoms with E-state index >= 15 is 0 Å². The van der Waals surface area contributed by atoms with E-state index in [0.29, 0.717) is 26.4 Å². The molecule has 2 heterocycles. The monoisotopic (exact) mass is 1250 g/mol. The van der Waals surface area contributed by atoms with Gasteiger partial charge in [0.1, 0.15) is 48.8 Å². The first kappa shape index (κ1) is 65.5. The maximum Gasteiger partial charge on any atom is 0.265 e. The van der Waals surface area contributed by atoms with E-state index in [0.717, 1.165) is 44.5 Å². The van der Waals surface area contributed by atoms with E-state index < -0.39 is 71.0 Å². The molecule has 458 valence electrons. The van der Waals surface area contributed by atoms with Gasteiger partial charge in [0.05, 0.1) is 66.1 Å². The lowest BCUT2D eigenvalue weighted by atomic mass is 9.97. The van der Waals surface area contributed by atoms with E-state index in [1.807, 2.05) is 243 Å². The van der Waals surface area contributed by atoms with E-state index in [-0.39, 0.29) is 39.6 Å². The maximum atomic E-state index is 9.46. The fourth-order valence-corrected chi connectivity index (χ4v) is 10.1. The Hall–Kier alpha value is -6.99. The molecule has 0 bridgehead atoms. The van der Waals surface area contributed by atoms with Crippen LogP contribution < -0.4 is 0 Å². The standard InChI is InChI=1S/C36H36Cl3NO6.C34H35N3O5/c37-36(38,39)35(40)46-34-33(44-24-29-19-11-4-12-20-29)32(43-23-28-17-9-3-10-18-28)31(42-22-27-15-7-2-8-16-27)30(45-34)25-41-21-26-13-5-1-6-14-26;35-37-36-34-33(41-24-29-19-11-4-12-20-29)32(40-23-28-17-9-3-10-18-28)31(39-22-27-15-7-2-8-16-27)30(42-34)25-38-21-26-13-5-1-6-14-26/h1-20,30-34,40H,21-25H2;1-20,30-34H,21-25H2. The second kappa shape index (κ2) is 35.3. The summed E-state index contributed by atoms with van der Waals surface area (Å²) in [5.41, 5.74) is 17.4. The Labute approximate surface area is 529 Å². The van der Waals surface area contributed by atoms with Gasteiger partial charge >= 0.3 is 0 Å². The molecule has 10 rings (SSSR count). The summed E-state index contributed by atoms with van der Waals surface area (Å²) in [6.45, 7) is 2.81. The molecular formula is C70H71Cl3N4O11. The lowest BCUT2D eigenvalue weighted by Gasteiger charge is -2.46. The Morgan fingerprint density at radius 3 is 0.943 bits per heavy atom. The predicted octanol–water partition coefficient (Wildman–Crippen LogP) is 15.0. The third-order valence-electron chi connectivity index (χ3n) is 14.4. The summed E-state index contributed by atoms with van der Waals surface area (Å²) in [4.78, 5) is 3.08. The van der Waals surface area contributed by atoms with Gasteiger partial charge in [0.25, 0.3) is 3.79 Å². The number of ether oxygens (including phenoxy) is 11. The van der Waals surface area contributed by atoms with Crippen molar-refractivity contribution in [2.24, 2.45) is 5.11 Å². The van der Waals surface area contributed by atoms with Gasteiger partial charge in [0, 0.05) is 4.91 Å². The molecule has 88 heavy (non-hydrogen) atoms. The summed E-state index contributed by atoms with van der Waals surface area (Å²) >= 11 is 18.1. The Balaban J connectivity index is 0.000000210. The first-order valence-corrected chi connectivity index (χ1v) is 30.1. The van der Waals surface area contributed by atoms with Crippen molar-refractivity contribution in [2.75, 3.05) is 13.2 Å². The number of hydrogen-bond donors (Lipinski definition) is 1. The highest BCUT2D eigenvalue weighted by atomic mass is 35.6. The highest BCUT2D eigenvalue weighted by Gasteiger charge is 2.51. The Morgan fingerprint density at radius 2 is 0.636 bits per heavy atom. The molecule has 2 aliphatic heterocycles. The third kappa shape index (κ3) is 20.8. The van der Waals surface area contributed by atoms with Crippen molar-refractivity contribution in [3.63, 3.8) is 0 Å². The van der Waals surface area contributed by atoms with Gasteiger partial charge in [-0.15, -0.1) is 0 Å². The molecule has 2 fully saturated rings. The third-order valence-corrected chi connectivity index (χ3v) is 14.9. The minimum absolute atomic E-state index is 0.131. The molecule has 8 aromatic carbocycles. The number of rotatable bonds is 28. The summed E-state index contributed by atoms with van der Waals surface area (Å²) in [7, 11) is 0. The zero-order valence-corrected chi connectivity index (χ0v) is 50.7. The Bertz CT molecular complexity index is 3280.